The number of hydrogen-bond donors (Lipinski definition) is 2. The third-order valence-corrected chi connectivity index (χ3v) is 4.13. The van der Waals surface area contributed by atoms with Gasteiger partial charge in [0.2, 0.25) is 6.79 Å². The summed E-state index contributed by atoms with van der Waals surface area (Å²) in [6.45, 7) is 6.74. The molecule has 2 heterocycles. The molecule has 0 unspecified atom stereocenters. The summed E-state index contributed by atoms with van der Waals surface area (Å²) >= 11 is 0. The van der Waals surface area contributed by atoms with Crippen molar-refractivity contribution < 1.29 is 9.47 Å². The molecule has 0 spiro atoms. The normalized spacial score (nSPS) is 12.4. The van der Waals surface area contributed by atoms with Gasteiger partial charge >= 0.3 is 0 Å². The summed E-state index contributed by atoms with van der Waals surface area (Å²) in [4.78, 5) is 8.98. The van der Waals surface area contributed by atoms with Crippen molar-refractivity contribution >= 4 is 29.9 Å². The zero-order valence-electron chi connectivity index (χ0n) is 15.8. The van der Waals surface area contributed by atoms with Gasteiger partial charge in [-0.15, -0.1) is 24.0 Å². The van der Waals surface area contributed by atoms with E-state index in [-0.39, 0.29) is 24.0 Å². The van der Waals surface area contributed by atoms with Crippen LogP contribution >= 0.6 is 24.0 Å². The molecule has 1 aliphatic rings. The molecule has 3 rings (SSSR count). The quantitative estimate of drug-likeness (QED) is 0.361. The largest absolute Gasteiger partial charge is 0.454 e. The average molecular weight is 482 g/mol. The number of nitrogens with zero attached hydrogens (tertiary/aromatic N) is 2. The number of nitrogens with one attached hydrogen (secondary N) is 2. The van der Waals surface area contributed by atoms with E-state index in [1.54, 1.807) is 0 Å². The Morgan fingerprint density at radius 1 is 1.07 bits per heavy atom. The van der Waals surface area contributed by atoms with E-state index in [4.69, 9.17) is 9.47 Å². The summed E-state index contributed by atoms with van der Waals surface area (Å²) in [5, 5.41) is 6.66. The van der Waals surface area contributed by atoms with Crippen LogP contribution in [0.15, 0.2) is 41.5 Å². The molecule has 0 saturated carbocycles. The predicted octanol–water partition coefficient (Wildman–Crippen LogP) is 3.08. The second-order valence-corrected chi connectivity index (χ2v) is 6.18. The lowest BCUT2D eigenvalue weighted by Gasteiger charge is -2.11. The Hall–Kier alpha value is -2.03. The van der Waals surface area contributed by atoms with E-state index in [1.807, 2.05) is 31.3 Å². The van der Waals surface area contributed by atoms with Gasteiger partial charge in [0.05, 0.1) is 0 Å². The Kier molecular flexibility index (Phi) is 8.63. The minimum Gasteiger partial charge on any atom is -0.454 e. The molecule has 146 valence electrons. The molecule has 2 N–H and O–H groups in total. The van der Waals surface area contributed by atoms with Crippen LogP contribution in [0.25, 0.3) is 0 Å². The molecule has 0 atom stereocenters. The molecule has 0 bridgehead atoms. The van der Waals surface area contributed by atoms with E-state index in [0.717, 1.165) is 49.1 Å². The number of aromatic nitrogens is 1. The predicted molar refractivity (Wildman–Crippen MR) is 118 cm³/mol. The molecule has 0 amide bonds. The maximum atomic E-state index is 5.42. The zero-order valence-corrected chi connectivity index (χ0v) is 18.2. The number of aryl methyl sites for hydroxylation is 1. The lowest BCUT2D eigenvalue weighted by molar-refractivity contribution is 0.174. The summed E-state index contributed by atoms with van der Waals surface area (Å²) in [5.41, 5.74) is 3.46. The first-order chi connectivity index (χ1) is 12.7. The summed E-state index contributed by atoms with van der Waals surface area (Å²) in [6.07, 6.45) is 3.70. The van der Waals surface area contributed by atoms with E-state index in [1.165, 1.54) is 11.1 Å². The molecule has 1 aliphatic heterocycles. The molecule has 0 saturated heterocycles. The highest BCUT2D eigenvalue weighted by molar-refractivity contribution is 14.0. The third kappa shape index (κ3) is 6.57. The number of hydrogen-bond acceptors (Lipinski definition) is 4. The van der Waals surface area contributed by atoms with Crippen molar-refractivity contribution in [1.82, 2.24) is 15.6 Å². The van der Waals surface area contributed by atoms with Crippen LogP contribution in [0.5, 0.6) is 11.5 Å². The summed E-state index contributed by atoms with van der Waals surface area (Å²) in [5.74, 6) is 2.48. The number of halogens is 1. The van der Waals surface area contributed by atoms with Gasteiger partial charge in [-0.25, -0.2) is 0 Å². The number of fused-ring (bicyclic) bond motifs is 1. The Morgan fingerprint density at radius 3 is 2.67 bits per heavy atom. The maximum absolute atomic E-state index is 5.42. The summed E-state index contributed by atoms with van der Waals surface area (Å²) in [6, 6.07) is 10.2. The summed E-state index contributed by atoms with van der Waals surface area (Å²) < 4.78 is 10.8. The van der Waals surface area contributed by atoms with Crippen molar-refractivity contribution in [1.29, 1.82) is 0 Å². The van der Waals surface area contributed by atoms with Gasteiger partial charge in [-0.2, -0.15) is 0 Å². The minimum absolute atomic E-state index is 0. The Labute approximate surface area is 177 Å². The molecular formula is C20H27IN4O2. The minimum atomic E-state index is 0. The SMILES string of the molecule is CCNC(=NCCc1ccc2c(c1)OCO2)NCCc1ccc(C)nc1.I. The molecule has 6 nitrogen and oxygen atoms in total. The van der Waals surface area contributed by atoms with Crippen LogP contribution < -0.4 is 20.1 Å². The number of aliphatic imine (C=N–C) groups is 1. The fraction of sp³-hybridized carbons (Fsp3) is 0.400. The second-order valence-electron chi connectivity index (χ2n) is 6.18. The Morgan fingerprint density at radius 2 is 1.89 bits per heavy atom. The van der Waals surface area contributed by atoms with Gasteiger partial charge in [0.25, 0.3) is 0 Å². The van der Waals surface area contributed by atoms with Gasteiger partial charge in [-0.3, -0.25) is 9.98 Å². The van der Waals surface area contributed by atoms with Crippen molar-refractivity contribution in [2.24, 2.45) is 4.99 Å². The van der Waals surface area contributed by atoms with E-state index >= 15 is 0 Å². The molecule has 2 aromatic rings. The van der Waals surface area contributed by atoms with Crippen LogP contribution in [0.4, 0.5) is 0 Å². The van der Waals surface area contributed by atoms with Gasteiger partial charge < -0.3 is 20.1 Å². The molecule has 0 radical (unpaired) electrons. The van der Waals surface area contributed by atoms with Crippen LogP contribution in [0.1, 0.15) is 23.7 Å². The molecule has 7 heteroatoms. The number of rotatable bonds is 7. The van der Waals surface area contributed by atoms with Crippen LogP contribution in [0, 0.1) is 6.92 Å². The van der Waals surface area contributed by atoms with Gasteiger partial charge in [0.15, 0.2) is 17.5 Å². The van der Waals surface area contributed by atoms with Crippen molar-refractivity contribution in [3.8, 4) is 11.5 Å². The van der Waals surface area contributed by atoms with Gasteiger partial charge in [-0.1, -0.05) is 12.1 Å². The van der Waals surface area contributed by atoms with E-state index in [0.29, 0.717) is 13.3 Å². The number of guanidine groups is 1. The highest BCUT2D eigenvalue weighted by atomic mass is 127. The molecular weight excluding hydrogens is 455 g/mol. The van der Waals surface area contributed by atoms with E-state index < -0.39 is 0 Å². The third-order valence-electron chi connectivity index (χ3n) is 4.13. The highest BCUT2D eigenvalue weighted by Crippen LogP contribution is 2.32. The Balaban J connectivity index is 0.00000261. The summed E-state index contributed by atoms with van der Waals surface area (Å²) in [7, 11) is 0. The monoisotopic (exact) mass is 482 g/mol. The fourth-order valence-corrected chi connectivity index (χ4v) is 2.71. The highest BCUT2D eigenvalue weighted by Gasteiger charge is 2.12. The van der Waals surface area contributed by atoms with Crippen molar-refractivity contribution in [2.45, 2.75) is 26.7 Å². The second kappa shape index (κ2) is 11.0. The number of benzene rings is 1. The molecule has 0 fully saturated rings. The molecule has 27 heavy (non-hydrogen) atoms. The Bertz CT molecular complexity index is 750. The van der Waals surface area contributed by atoms with Crippen LogP contribution in [-0.2, 0) is 12.8 Å². The smallest absolute Gasteiger partial charge is 0.231 e. The van der Waals surface area contributed by atoms with Crippen LogP contribution in [0.2, 0.25) is 0 Å². The maximum Gasteiger partial charge on any atom is 0.231 e. The van der Waals surface area contributed by atoms with Crippen molar-refractivity contribution in [3.05, 3.63) is 53.3 Å². The first-order valence-electron chi connectivity index (χ1n) is 9.07. The van der Waals surface area contributed by atoms with Crippen molar-refractivity contribution in [2.75, 3.05) is 26.4 Å². The zero-order chi connectivity index (χ0) is 18.2. The van der Waals surface area contributed by atoms with Crippen molar-refractivity contribution in [3.63, 3.8) is 0 Å². The molecule has 1 aromatic heterocycles. The van der Waals surface area contributed by atoms with Crippen LogP contribution in [-0.4, -0.2) is 37.4 Å². The lowest BCUT2D eigenvalue weighted by Crippen LogP contribution is -2.38. The first kappa shape index (κ1) is 21.3. The van der Waals surface area contributed by atoms with E-state index in [2.05, 4.69) is 39.7 Å². The van der Waals surface area contributed by atoms with Crippen LogP contribution in [0.3, 0.4) is 0 Å². The standard InChI is InChI=1S/C20H26N4O2.HI/c1-3-21-20(23-11-9-17-5-4-15(2)24-13-17)22-10-8-16-6-7-18-19(12-16)26-14-25-18;/h4-7,12-13H,3,8-11,14H2,1-2H3,(H2,21,22,23);1H. The molecule has 0 aliphatic carbocycles. The number of ether oxygens (including phenoxy) is 2. The fourth-order valence-electron chi connectivity index (χ4n) is 2.71. The lowest BCUT2D eigenvalue weighted by atomic mass is 10.1. The first-order valence-corrected chi connectivity index (χ1v) is 9.07. The van der Waals surface area contributed by atoms with E-state index in [9.17, 15) is 0 Å². The molecule has 1 aromatic carbocycles. The number of pyridine rings is 1. The van der Waals surface area contributed by atoms with Gasteiger partial charge in [-0.05, 0) is 56.0 Å². The van der Waals surface area contributed by atoms with Gasteiger partial charge in [0, 0.05) is 31.5 Å². The van der Waals surface area contributed by atoms with Gasteiger partial charge in [0.1, 0.15) is 0 Å². The average Bonchev–Trinajstić information content (AvgIpc) is 3.11. The topological polar surface area (TPSA) is 67.8 Å².